The molecule has 0 aliphatic rings. The summed E-state index contributed by atoms with van der Waals surface area (Å²) < 4.78 is 13.3. The summed E-state index contributed by atoms with van der Waals surface area (Å²) >= 11 is 5.60. The molecule has 0 radical (unpaired) electrons. The van der Waals surface area contributed by atoms with Gasteiger partial charge in [-0.25, -0.2) is 9.18 Å². The number of hydrogen-bond donors (Lipinski definition) is 2. The van der Waals surface area contributed by atoms with Gasteiger partial charge < -0.3 is 10.4 Å². The predicted molar refractivity (Wildman–Crippen MR) is 72.6 cm³/mol. The van der Waals surface area contributed by atoms with Crippen molar-refractivity contribution in [2.24, 2.45) is 0 Å². The lowest BCUT2D eigenvalue weighted by molar-refractivity contribution is -0.384. The number of benzene rings is 1. The third-order valence-electron chi connectivity index (χ3n) is 3.23. The van der Waals surface area contributed by atoms with Crippen LogP contribution < -0.4 is 5.32 Å². The maximum absolute atomic E-state index is 13.3. The topological polar surface area (TPSA) is 92.5 Å². The van der Waals surface area contributed by atoms with E-state index in [1.54, 1.807) is 13.8 Å². The van der Waals surface area contributed by atoms with Crippen molar-refractivity contribution in [2.45, 2.75) is 32.2 Å². The number of nitrogens with zero attached hydrogens (tertiary/aromatic N) is 1. The fourth-order valence-electron chi connectivity index (χ4n) is 1.83. The molecule has 1 aromatic carbocycles. The quantitative estimate of drug-likeness (QED) is 0.620. The first-order chi connectivity index (χ1) is 9.27. The van der Waals surface area contributed by atoms with Crippen molar-refractivity contribution in [3.63, 3.8) is 0 Å². The fourth-order valence-corrected chi connectivity index (χ4v) is 1.99. The van der Waals surface area contributed by atoms with Gasteiger partial charge in [-0.2, -0.15) is 0 Å². The minimum atomic E-state index is -1.37. The monoisotopic (exact) mass is 304 g/mol. The summed E-state index contributed by atoms with van der Waals surface area (Å²) in [7, 11) is 0. The Bertz CT molecular complexity index is 547. The zero-order chi connectivity index (χ0) is 15.5. The zero-order valence-electron chi connectivity index (χ0n) is 10.9. The molecule has 0 atom stereocenters. The van der Waals surface area contributed by atoms with Crippen molar-refractivity contribution in [1.82, 2.24) is 0 Å². The Balaban J connectivity index is 3.35. The van der Waals surface area contributed by atoms with Crippen LogP contribution in [0.5, 0.6) is 0 Å². The molecular weight excluding hydrogens is 291 g/mol. The lowest BCUT2D eigenvalue weighted by atomic mass is 9.92. The number of nitrogens with one attached hydrogen (secondary N) is 1. The smallest absolute Gasteiger partial charge is 0.329 e. The van der Waals surface area contributed by atoms with E-state index in [0.717, 1.165) is 6.07 Å². The van der Waals surface area contributed by atoms with Gasteiger partial charge in [0.1, 0.15) is 17.0 Å². The first-order valence-electron chi connectivity index (χ1n) is 5.92. The number of nitro groups is 1. The molecule has 0 amide bonds. The lowest BCUT2D eigenvalue weighted by Gasteiger charge is -2.29. The number of rotatable bonds is 6. The highest BCUT2D eigenvalue weighted by Gasteiger charge is 2.36. The second kappa shape index (κ2) is 6.04. The van der Waals surface area contributed by atoms with Crippen molar-refractivity contribution in [2.75, 3.05) is 5.32 Å². The van der Waals surface area contributed by atoms with Crippen LogP contribution in [-0.2, 0) is 4.79 Å². The van der Waals surface area contributed by atoms with Crippen molar-refractivity contribution in [3.8, 4) is 0 Å². The van der Waals surface area contributed by atoms with Crippen LogP contribution in [0, 0.1) is 15.9 Å². The molecule has 0 saturated heterocycles. The van der Waals surface area contributed by atoms with E-state index in [0.29, 0.717) is 6.07 Å². The fraction of sp³-hybridized carbons (Fsp3) is 0.417. The molecule has 1 aromatic rings. The van der Waals surface area contributed by atoms with Crippen molar-refractivity contribution >= 4 is 28.9 Å². The van der Waals surface area contributed by atoms with Crippen LogP contribution in [0.2, 0.25) is 5.02 Å². The average molecular weight is 305 g/mol. The van der Waals surface area contributed by atoms with Gasteiger partial charge in [-0.05, 0) is 18.9 Å². The number of halogens is 2. The summed E-state index contributed by atoms with van der Waals surface area (Å²) in [5.41, 5.74) is -2.04. The SMILES string of the molecule is CCC(CC)(Nc1cc(Cl)c(F)cc1[N+](=O)[O-])C(=O)O. The van der Waals surface area contributed by atoms with Crippen LogP contribution in [0.25, 0.3) is 0 Å². The molecule has 6 nitrogen and oxygen atoms in total. The Labute approximate surface area is 119 Å². The molecular formula is C12H14ClFN2O4. The van der Waals surface area contributed by atoms with Crippen molar-refractivity contribution in [1.29, 1.82) is 0 Å². The zero-order valence-corrected chi connectivity index (χ0v) is 11.7. The second-order valence-corrected chi connectivity index (χ2v) is 4.67. The largest absolute Gasteiger partial charge is 0.480 e. The molecule has 2 N–H and O–H groups in total. The predicted octanol–water partition coefficient (Wildman–Crippen LogP) is 3.44. The molecule has 20 heavy (non-hydrogen) atoms. The number of carbonyl (C=O) groups is 1. The molecule has 0 saturated carbocycles. The number of hydrogen-bond acceptors (Lipinski definition) is 4. The molecule has 0 unspecified atom stereocenters. The normalized spacial score (nSPS) is 11.2. The van der Waals surface area contributed by atoms with Gasteiger partial charge >= 0.3 is 5.97 Å². The maximum Gasteiger partial charge on any atom is 0.329 e. The number of carboxylic acid groups (broad SMARTS) is 1. The van der Waals surface area contributed by atoms with Crippen LogP contribution in [0.4, 0.5) is 15.8 Å². The Morgan fingerprint density at radius 2 is 2.05 bits per heavy atom. The summed E-state index contributed by atoms with van der Waals surface area (Å²) in [6, 6.07) is 1.70. The van der Waals surface area contributed by atoms with Crippen LogP contribution in [0.3, 0.4) is 0 Å². The maximum atomic E-state index is 13.3. The average Bonchev–Trinajstić information content (AvgIpc) is 2.39. The summed E-state index contributed by atoms with van der Waals surface area (Å²) in [5.74, 6) is -2.07. The minimum Gasteiger partial charge on any atom is -0.480 e. The molecule has 0 bridgehead atoms. The summed E-state index contributed by atoms with van der Waals surface area (Å²) in [4.78, 5) is 21.5. The van der Waals surface area contributed by atoms with Gasteiger partial charge in [0.05, 0.1) is 16.0 Å². The van der Waals surface area contributed by atoms with Gasteiger partial charge in [0.25, 0.3) is 5.69 Å². The van der Waals surface area contributed by atoms with Crippen LogP contribution >= 0.6 is 11.6 Å². The third-order valence-corrected chi connectivity index (χ3v) is 3.52. The summed E-state index contributed by atoms with van der Waals surface area (Å²) in [6.45, 7) is 3.28. The number of aliphatic carboxylic acids is 1. The Hall–Kier alpha value is -1.89. The highest BCUT2D eigenvalue weighted by molar-refractivity contribution is 6.31. The molecule has 8 heteroatoms. The molecule has 0 aromatic heterocycles. The minimum absolute atomic E-state index is 0.118. The van der Waals surface area contributed by atoms with E-state index >= 15 is 0 Å². The molecule has 1 rings (SSSR count). The van der Waals surface area contributed by atoms with Crippen molar-refractivity contribution in [3.05, 3.63) is 33.1 Å². The van der Waals surface area contributed by atoms with E-state index in [2.05, 4.69) is 5.32 Å². The van der Waals surface area contributed by atoms with Crippen molar-refractivity contribution < 1.29 is 19.2 Å². The van der Waals surface area contributed by atoms with Gasteiger partial charge in [0.2, 0.25) is 0 Å². The number of anilines is 1. The summed E-state index contributed by atoms with van der Waals surface area (Å²) in [5, 5.41) is 22.5. The van der Waals surface area contributed by atoms with E-state index in [4.69, 9.17) is 11.6 Å². The number of nitro benzene ring substituents is 1. The highest BCUT2D eigenvalue weighted by Crippen LogP contribution is 2.34. The van der Waals surface area contributed by atoms with Gasteiger partial charge in [-0.15, -0.1) is 0 Å². The standard InChI is InChI=1S/C12H14ClFN2O4/c1-3-12(4-2,11(17)18)15-9-5-7(13)8(14)6-10(9)16(19)20/h5-6,15H,3-4H2,1-2H3,(H,17,18). The molecule has 0 spiro atoms. The Morgan fingerprint density at radius 1 is 1.50 bits per heavy atom. The second-order valence-electron chi connectivity index (χ2n) is 4.26. The van der Waals surface area contributed by atoms with E-state index < -0.39 is 27.9 Å². The lowest BCUT2D eigenvalue weighted by Crippen LogP contribution is -2.45. The molecule has 0 heterocycles. The molecule has 110 valence electrons. The van der Waals surface area contributed by atoms with Gasteiger partial charge in [-0.1, -0.05) is 25.4 Å². The van der Waals surface area contributed by atoms with E-state index in [1.807, 2.05) is 0 Å². The number of carboxylic acids is 1. The first kappa shape index (κ1) is 16.2. The van der Waals surface area contributed by atoms with E-state index in [-0.39, 0.29) is 23.6 Å². The van der Waals surface area contributed by atoms with Crippen LogP contribution in [0.1, 0.15) is 26.7 Å². The first-order valence-corrected chi connectivity index (χ1v) is 6.30. The van der Waals surface area contributed by atoms with Crippen LogP contribution in [-0.4, -0.2) is 21.5 Å². The third kappa shape index (κ3) is 2.98. The highest BCUT2D eigenvalue weighted by atomic mass is 35.5. The van der Waals surface area contributed by atoms with E-state index in [1.165, 1.54) is 0 Å². The van der Waals surface area contributed by atoms with Crippen LogP contribution in [0.15, 0.2) is 12.1 Å². The molecule has 0 aliphatic heterocycles. The Morgan fingerprint density at radius 3 is 2.45 bits per heavy atom. The van der Waals surface area contributed by atoms with Gasteiger partial charge in [-0.3, -0.25) is 10.1 Å². The van der Waals surface area contributed by atoms with Gasteiger partial charge in [0, 0.05) is 0 Å². The molecule has 0 fully saturated rings. The Kier molecular flexibility index (Phi) is 4.88. The molecule has 0 aliphatic carbocycles. The summed E-state index contributed by atoms with van der Waals surface area (Å²) in [6.07, 6.45) is 0.399. The van der Waals surface area contributed by atoms with E-state index in [9.17, 15) is 24.4 Å². The van der Waals surface area contributed by atoms with Gasteiger partial charge in [0.15, 0.2) is 0 Å².